The molecule has 0 spiro atoms. The van der Waals surface area contributed by atoms with Crippen molar-refractivity contribution in [2.45, 2.75) is 33.4 Å². The molecule has 3 aromatic rings. The van der Waals surface area contributed by atoms with Crippen molar-refractivity contribution in [2.24, 2.45) is 0 Å². The van der Waals surface area contributed by atoms with Crippen LogP contribution in [0.15, 0.2) is 73.1 Å². The lowest BCUT2D eigenvalue weighted by Gasteiger charge is -2.14. The summed E-state index contributed by atoms with van der Waals surface area (Å²) in [5, 5.41) is 9.04. The Hall–Kier alpha value is -2.62. The van der Waals surface area contributed by atoms with Gasteiger partial charge in [-0.25, -0.2) is 0 Å². The van der Waals surface area contributed by atoms with E-state index >= 15 is 0 Å². The lowest BCUT2D eigenvalue weighted by molar-refractivity contribution is 0.701. The monoisotopic (exact) mass is 402 g/mol. The number of thiophene rings is 1. The third kappa shape index (κ3) is 6.18. The Balaban J connectivity index is 1.44. The summed E-state index contributed by atoms with van der Waals surface area (Å²) in [6.07, 6.45) is 0.897. The summed E-state index contributed by atoms with van der Waals surface area (Å²) in [6.45, 7) is 15.4. The Kier molecular flexibility index (Phi) is 7.45. The molecule has 0 radical (unpaired) electrons. The summed E-state index contributed by atoms with van der Waals surface area (Å²) in [7, 11) is 0. The van der Waals surface area contributed by atoms with E-state index in [4.69, 9.17) is 0 Å². The van der Waals surface area contributed by atoms with Crippen molar-refractivity contribution < 1.29 is 0 Å². The van der Waals surface area contributed by atoms with Crippen LogP contribution in [0, 0.1) is 13.8 Å². The Labute approximate surface area is 179 Å². The van der Waals surface area contributed by atoms with Crippen LogP contribution < -0.4 is 10.6 Å². The third-order valence-corrected chi connectivity index (χ3v) is 5.93. The van der Waals surface area contributed by atoms with E-state index in [-0.39, 0.29) is 0 Å². The topological polar surface area (TPSA) is 24.1 Å². The summed E-state index contributed by atoms with van der Waals surface area (Å²) >= 11 is 1.79. The fourth-order valence-electron chi connectivity index (χ4n) is 3.28. The molecule has 3 rings (SSSR count). The van der Waals surface area contributed by atoms with Crippen LogP contribution in [0.3, 0.4) is 0 Å². The Morgan fingerprint density at radius 2 is 1.76 bits per heavy atom. The minimum absolute atomic E-state index is 0.829. The predicted molar refractivity (Wildman–Crippen MR) is 128 cm³/mol. The Morgan fingerprint density at radius 3 is 2.48 bits per heavy atom. The fraction of sp³-hybridized carbons (Fsp3) is 0.231. The van der Waals surface area contributed by atoms with Gasteiger partial charge in [-0.05, 0) is 59.5 Å². The van der Waals surface area contributed by atoms with E-state index in [0.29, 0.717) is 0 Å². The molecule has 2 N–H and O–H groups in total. The molecular formula is C26H30N2S. The smallest absolute Gasteiger partial charge is 0.0340 e. The summed E-state index contributed by atoms with van der Waals surface area (Å²) in [6, 6.07) is 19.4. The van der Waals surface area contributed by atoms with E-state index in [1.165, 1.54) is 32.7 Å². The predicted octanol–water partition coefficient (Wildman–Crippen LogP) is 6.32. The van der Waals surface area contributed by atoms with Gasteiger partial charge in [0.15, 0.2) is 0 Å². The van der Waals surface area contributed by atoms with Gasteiger partial charge in [-0.15, -0.1) is 11.3 Å². The minimum atomic E-state index is 0.829. The van der Waals surface area contributed by atoms with Crippen LogP contribution in [-0.2, 0) is 13.1 Å². The molecule has 1 aromatic heterocycles. The first kappa shape index (κ1) is 21.1. The molecule has 0 bridgehead atoms. The van der Waals surface area contributed by atoms with Crippen molar-refractivity contribution in [1.82, 2.24) is 10.6 Å². The Bertz CT molecular complexity index is 953. The zero-order chi connectivity index (χ0) is 20.6. The van der Waals surface area contributed by atoms with Crippen molar-refractivity contribution >= 4 is 22.6 Å². The first-order valence-electron chi connectivity index (χ1n) is 10.0. The van der Waals surface area contributed by atoms with E-state index in [2.05, 4.69) is 97.6 Å². The molecule has 2 nitrogen and oxygen atoms in total. The average molecular weight is 403 g/mol. The normalized spacial score (nSPS) is 10.7. The molecule has 0 atom stereocenters. The number of aryl methyl sites for hydroxylation is 2. The van der Waals surface area contributed by atoms with E-state index in [1.807, 2.05) is 0 Å². The van der Waals surface area contributed by atoms with Crippen LogP contribution in [0.5, 0.6) is 0 Å². The third-order valence-electron chi connectivity index (χ3n) is 5.05. The molecule has 0 fully saturated rings. The number of nitrogens with one attached hydrogen (secondary N) is 2. The first-order valence-corrected chi connectivity index (χ1v) is 10.9. The second kappa shape index (κ2) is 10.2. The highest BCUT2D eigenvalue weighted by Gasteiger charge is 2.05. The minimum Gasteiger partial charge on any atom is -0.385 e. The lowest BCUT2D eigenvalue weighted by atomic mass is 9.97. The zero-order valence-corrected chi connectivity index (χ0v) is 18.2. The highest BCUT2D eigenvalue weighted by atomic mass is 32.1. The maximum absolute atomic E-state index is 4.28. The van der Waals surface area contributed by atoms with Gasteiger partial charge < -0.3 is 10.6 Å². The summed E-state index contributed by atoms with van der Waals surface area (Å²) in [5.74, 6) is 0. The standard InChI is InChI=1S/C26H30N2S/c1-19-7-8-20(2)26(16-19)21(3)13-14-28-22(4)24-11-9-23(10-12-24)17-27-18-25-6-5-15-29-25/h5-12,15-16,27-28H,3-4,13-14,17-18H2,1-2H3. The molecule has 0 saturated heterocycles. The Morgan fingerprint density at radius 1 is 0.966 bits per heavy atom. The van der Waals surface area contributed by atoms with Gasteiger partial charge in [-0.1, -0.05) is 67.3 Å². The van der Waals surface area contributed by atoms with Gasteiger partial charge in [0.2, 0.25) is 0 Å². The van der Waals surface area contributed by atoms with E-state index in [0.717, 1.165) is 37.3 Å². The van der Waals surface area contributed by atoms with E-state index in [1.54, 1.807) is 11.3 Å². The number of rotatable bonds is 10. The second-order valence-corrected chi connectivity index (χ2v) is 8.49. The molecule has 3 heteroatoms. The fourth-order valence-corrected chi connectivity index (χ4v) is 3.96. The molecule has 0 aliphatic carbocycles. The van der Waals surface area contributed by atoms with Crippen LogP contribution in [0.1, 0.15) is 39.1 Å². The largest absolute Gasteiger partial charge is 0.385 e. The quantitative estimate of drug-likeness (QED) is 0.415. The van der Waals surface area contributed by atoms with Gasteiger partial charge in [0.1, 0.15) is 0 Å². The van der Waals surface area contributed by atoms with Gasteiger partial charge >= 0.3 is 0 Å². The van der Waals surface area contributed by atoms with Crippen molar-refractivity contribution in [3.63, 3.8) is 0 Å². The van der Waals surface area contributed by atoms with E-state index in [9.17, 15) is 0 Å². The summed E-state index contributed by atoms with van der Waals surface area (Å²) in [4.78, 5) is 1.36. The average Bonchev–Trinajstić information content (AvgIpc) is 3.23. The van der Waals surface area contributed by atoms with Gasteiger partial charge in [0.05, 0.1) is 0 Å². The number of benzene rings is 2. The molecular weight excluding hydrogens is 372 g/mol. The molecule has 0 saturated carbocycles. The van der Waals surface area contributed by atoms with Crippen LogP contribution >= 0.6 is 11.3 Å². The molecule has 2 aromatic carbocycles. The lowest BCUT2D eigenvalue weighted by Crippen LogP contribution is -2.14. The molecule has 0 aliphatic heterocycles. The number of hydrogen-bond donors (Lipinski definition) is 2. The van der Waals surface area contributed by atoms with Gasteiger partial charge in [0, 0.05) is 30.2 Å². The highest BCUT2D eigenvalue weighted by molar-refractivity contribution is 7.09. The molecule has 0 unspecified atom stereocenters. The summed E-state index contributed by atoms with van der Waals surface area (Å²) < 4.78 is 0. The van der Waals surface area contributed by atoms with Gasteiger partial charge in [-0.3, -0.25) is 0 Å². The van der Waals surface area contributed by atoms with Gasteiger partial charge in [0.25, 0.3) is 0 Å². The van der Waals surface area contributed by atoms with Crippen LogP contribution in [-0.4, -0.2) is 6.54 Å². The van der Waals surface area contributed by atoms with E-state index < -0.39 is 0 Å². The van der Waals surface area contributed by atoms with Crippen molar-refractivity contribution in [3.8, 4) is 0 Å². The first-order chi connectivity index (χ1) is 14.0. The molecule has 150 valence electrons. The SMILES string of the molecule is C=C(NCCC(=C)c1cc(C)ccc1C)c1ccc(CNCc2cccs2)cc1. The molecule has 29 heavy (non-hydrogen) atoms. The van der Waals surface area contributed by atoms with Crippen LogP contribution in [0.4, 0.5) is 0 Å². The molecule has 0 amide bonds. The number of hydrogen-bond acceptors (Lipinski definition) is 3. The molecule has 0 aliphatic rings. The second-order valence-electron chi connectivity index (χ2n) is 7.46. The van der Waals surface area contributed by atoms with Gasteiger partial charge in [-0.2, -0.15) is 0 Å². The molecule has 1 heterocycles. The summed E-state index contributed by atoms with van der Waals surface area (Å²) in [5.41, 5.74) is 8.34. The maximum Gasteiger partial charge on any atom is 0.0340 e. The zero-order valence-electron chi connectivity index (χ0n) is 17.4. The van der Waals surface area contributed by atoms with Crippen molar-refractivity contribution in [3.05, 3.63) is 106 Å². The van der Waals surface area contributed by atoms with Crippen molar-refractivity contribution in [2.75, 3.05) is 6.54 Å². The van der Waals surface area contributed by atoms with Crippen LogP contribution in [0.25, 0.3) is 11.3 Å². The van der Waals surface area contributed by atoms with Crippen molar-refractivity contribution in [1.29, 1.82) is 0 Å². The van der Waals surface area contributed by atoms with Crippen LogP contribution in [0.2, 0.25) is 0 Å². The highest BCUT2D eigenvalue weighted by Crippen LogP contribution is 2.21. The maximum atomic E-state index is 4.28.